The molecular formula is C23H29ClN2O3S. The highest BCUT2D eigenvalue weighted by Gasteiger charge is 2.31. The number of nitrogens with one attached hydrogen (secondary N) is 1. The van der Waals surface area contributed by atoms with E-state index in [1.54, 1.807) is 0 Å². The fraction of sp³-hybridized carbons (Fsp3) is 0.435. The minimum atomic E-state index is -3.39. The summed E-state index contributed by atoms with van der Waals surface area (Å²) in [6.45, 7) is 4.80. The van der Waals surface area contributed by atoms with E-state index in [4.69, 9.17) is 11.6 Å². The summed E-state index contributed by atoms with van der Waals surface area (Å²) in [6, 6.07) is 13.0. The molecule has 0 saturated carbocycles. The highest BCUT2D eigenvalue weighted by atomic mass is 35.5. The number of carbonyl (C=O) groups excluding carboxylic acids is 1. The molecule has 1 N–H and O–H groups in total. The van der Waals surface area contributed by atoms with E-state index in [0.29, 0.717) is 31.0 Å². The molecule has 0 atom stereocenters. The molecule has 0 bridgehead atoms. The molecule has 0 spiro atoms. The van der Waals surface area contributed by atoms with Crippen molar-refractivity contribution in [2.45, 2.75) is 45.3 Å². The molecule has 1 fully saturated rings. The smallest absolute Gasteiger partial charge is 0.227 e. The fourth-order valence-electron chi connectivity index (χ4n) is 3.96. The summed E-state index contributed by atoms with van der Waals surface area (Å²) in [5, 5.41) is 3.75. The van der Waals surface area contributed by atoms with Gasteiger partial charge in [-0.1, -0.05) is 61.8 Å². The zero-order valence-electron chi connectivity index (χ0n) is 17.5. The molecule has 3 rings (SSSR count). The molecule has 1 aliphatic rings. The highest BCUT2D eigenvalue weighted by molar-refractivity contribution is 7.88. The number of hydrogen-bond donors (Lipinski definition) is 1. The van der Waals surface area contributed by atoms with Crippen molar-refractivity contribution in [1.29, 1.82) is 0 Å². The number of piperidine rings is 1. The van der Waals surface area contributed by atoms with Crippen LogP contribution in [0.1, 0.15) is 43.4 Å². The number of amides is 1. The third-order valence-electron chi connectivity index (χ3n) is 5.73. The van der Waals surface area contributed by atoms with Crippen LogP contribution < -0.4 is 5.32 Å². The number of sulfonamides is 1. The molecule has 30 heavy (non-hydrogen) atoms. The predicted molar refractivity (Wildman–Crippen MR) is 122 cm³/mol. The zero-order chi connectivity index (χ0) is 21.7. The average Bonchev–Trinajstić information content (AvgIpc) is 2.74. The van der Waals surface area contributed by atoms with E-state index >= 15 is 0 Å². The van der Waals surface area contributed by atoms with Crippen LogP contribution in [0.25, 0.3) is 0 Å². The Bertz CT molecular complexity index is 985. The first-order valence-electron chi connectivity index (χ1n) is 10.5. The van der Waals surface area contributed by atoms with Crippen molar-refractivity contribution in [3.05, 3.63) is 64.2 Å². The van der Waals surface area contributed by atoms with Crippen molar-refractivity contribution in [3.63, 3.8) is 0 Å². The summed E-state index contributed by atoms with van der Waals surface area (Å²) >= 11 is 6.34. The van der Waals surface area contributed by atoms with Gasteiger partial charge in [-0.25, -0.2) is 12.7 Å². The Balaban J connectivity index is 1.64. The summed E-state index contributed by atoms with van der Waals surface area (Å²) in [4.78, 5) is 12.9. The van der Waals surface area contributed by atoms with Crippen molar-refractivity contribution in [2.75, 3.05) is 18.4 Å². The minimum absolute atomic E-state index is 0.00701. The summed E-state index contributed by atoms with van der Waals surface area (Å²) in [5.41, 5.74) is 3.61. The second-order valence-electron chi connectivity index (χ2n) is 7.67. The first-order valence-corrected chi connectivity index (χ1v) is 12.5. The quantitative estimate of drug-likeness (QED) is 0.670. The minimum Gasteiger partial charge on any atom is -0.325 e. The average molecular weight is 449 g/mol. The van der Waals surface area contributed by atoms with E-state index in [1.165, 1.54) is 4.31 Å². The second-order valence-corrected chi connectivity index (χ2v) is 10.0. The number of nitrogens with zero attached hydrogens (tertiary/aromatic N) is 1. The third kappa shape index (κ3) is 5.23. The SMILES string of the molecule is CCc1ccc(Cl)c(CC)c1NC(=O)C1CCN(S(=O)(=O)Cc2ccccc2)CC1. The number of carbonyl (C=O) groups is 1. The molecule has 0 aromatic heterocycles. The van der Waals surface area contributed by atoms with E-state index < -0.39 is 10.0 Å². The molecule has 1 aliphatic heterocycles. The van der Waals surface area contributed by atoms with Gasteiger partial charge in [0.25, 0.3) is 0 Å². The topological polar surface area (TPSA) is 66.5 Å². The lowest BCUT2D eigenvalue weighted by Gasteiger charge is -2.31. The van der Waals surface area contributed by atoms with Crippen molar-refractivity contribution in [1.82, 2.24) is 4.31 Å². The van der Waals surface area contributed by atoms with Crippen molar-refractivity contribution >= 4 is 33.2 Å². The maximum atomic E-state index is 12.9. The fourth-order valence-corrected chi connectivity index (χ4v) is 5.82. The Morgan fingerprint density at radius 3 is 2.33 bits per heavy atom. The van der Waals surface area contributed by atoms with Gasteiger partial charge in [0.2, 0.25) is 15.9 Å². The molecule has 0 unspecified atom stereocenters. The van der Waals surface area contributed by atoms with Gasteiger partial charge >= 0.3 is 0 Å². The van der Waals surface area contributed by atoms with E-state index in [9.17, 15) is 13.2 Å². The van der Waals surface area contributed by atoms with Crippen LogP contribution in [0.2, 0.25) is 5.02 Å². The Morgan fingerprint density at radius 1 is 1.07 bits per heavy atom. The Kier molecular flexibility index (Phi) is 7.55. The van der Waals surface area contributed by atoms with E-state index in [-0.39, 0.29) is 17.6 Å². The van der Waals surface area contributed by atoms with Gasteiger partial charge in [0.15, 0.2) is 0 Å². The zero-order valence-corrected chi connectivity index (χ0v) is 19.1. The lowest BCUT2D eigenvalue weighted by molar-refractivity contribution is -0.120. The van der Waals surface area contributed by atoms with Gasteiger partial charge in [-0.05, 0) is 48.4 Å². The molecule has 1 amide bonds. The van der Waals surface area contributed by atoms with E-state index in [2.05, 4.69) is 12.2 Å². The molecule has 1 saturated heterocycles. The van der Waals surface area contributed by atoms with Crippen molar-refractivity contribution < 1.29 is 13.2 Å². The lowest BCUT2D eigenvalue weighted by atomic mass is 9.96. The van der Waals surface area contributed by atoms with Crippen LogP contribution in [0, 0.1) is 5.92 Å². The maximum absolute atomic E-state index is 12.9. The van der Waals surface area contributed by atoms with Crippen LogP contribution in [0.3, 0.4) is 0 Å². The number of benzene rings is 2. The summed E-state index contributed by atoms with van der Waals surface area (Å²) in [7, 11) is -3.39. The van der Waals surface area contributed by atoms with Crippen LogP contribution in [-0.2, 0) is 33.4 Å². The molecule has 162 valence electrons. The van der Waals surface area contributed by atoms with Gasteiger partial charge in [0, 0.05) is 29.7 Å². The first kappa shape index (κ1) is 22.8. The Labute approximate surface area is 184 Å². The van der Waals surface area contributed by atoms with E-state index in [1.807, 2.05) is 49.4 Å². The normalized spacial score (nSPS) is 15.8. The van der Waals surface area contributed by atoms with Gasteiger partial charge < -0.3 is 5.32 Å². The molecular weight excluding hydrogens is 420 g/mol. The lowest BCUT2D eigenvalue weighted by Crippen LogP contribution is -2.42. The molecule has 5 nitrogen and oxygen atoms in total. The summed E-state index contributed by atoms with van der Waals surface area (Å²) < 4.78 is 27.0. The monoisotopic (exact) mass is 448 g/mol. The van der Waals surface area contributed by atoms with Gasteiger partial charge in [-0.2, -0.15) is 0 Å². The second kappa shape index (κ2) is 9.94. The highest BCUT2D eigenvalue weighted by Crippen LogP contribution is 2.31. The number of anilines is 1. The van der Waals surface area contributed by atoms with E-state index in [0.717, 1.165) is 35.2 Å². The molecule has 1 heterocycles. The molecule has 2 aromatic rings. The first-order chi connectivity index (χ1) is 14.4. The van der Waals surface area contributed by atoms with Crippen LogP contribution in [0.5, 0.6) is 0 Å². The number of halogens is 1. The Hall–Kier alpha value is -1.89. The standard InChI is InChI=1S/C23H29ClN2O3S/c1-3-18-10-11-21(24)20(4-2)22(18)25-23(27)19-12-14-26(15-13-19)30(28,29)16-17-8-6-5-7-9-17/h5-11,19H,3-4,12-16H2,1-2H3,(H,25,27). The van der Waals surface area contributed by atoms with Gasteiger partial charge in [-0.15, -0.1) is 0 Å². The molecule has 0 radical (unpaired) electrons. The van der Waals surface area contributed by atoms with Crippen LogP contribution in [-0.4, -0.2) is 31.7 Å². The van der Waals surface area contributed by atoms with Gasteiger partial charge in [0.05, 0.1) is 5.75 Å². The van der Waals surface area contributed by atoms with Gasteiger partial charge in [-0.3, -0.25) is 4.79 Å². The largest absolute Gasteiger partial charge is 0.325 e. The van der Waals surface area contributed by atoms with Crippen LogP contribution >= 0.6 is 11.6 Å². The summed E-state index contributed by atoms with van der Waals surface area (Å²) in [6.07, 6.45) is 2.57. The molecule has 7 heteroatoms. The third-order valence-corrected chi connectivity index (χ3v) is 7.94. The maximum Gasteiger partial charge on any atom is 0.227 e. The predicted octanol–water partition coefficient (Wildman–Crippen LogP) is 4.65. The molecule has 2 aromatic carbocycles. The van der Waals surface area contributed by atoms with Crippen molar-refractivity contribution in [3.8, 4) is 0 Å². The van der Waals surface area contributed by atoms with Crippen LogP contribution in [0.4, 0.5) is 5.69 Å². The number of hydrogen-bond acceptors (Lipinski definition) is 3. The van der Waals surface area contributed by atoms with Crippen LogP contribution in [0.15, 0.2) is 42.5 Å². The van der Waals surface area contributed by atoms with Crippen molar-refractivity contribution in [2.24, 2.45) is 5.92 Å². The van der Waals surface area contributed by atoms with Gasteiger partial charge in [0.1, 0.15) is 0 Å². The Morgan fingerprint density at radius 2 is 1.73 bits per heavy atom. The number of rotatable bonds is 7. The molecule has 0 aliphatic carbocycles. The summed E-state index contributed by atoms with van der Waals surface area (Å²) in [5.74, 6) is -0.268. The number of aryl methyl sites for hydroxylation is 1.